The normalized spacial score (nSPS) is 10.7. The molecule has 0 bridgehead atoms. The molecule has 160 valence electrons. The fraction of sp³-hybridized carbons (Fsp3) is 0.318. The van der Waals surface area contributed by atoms with Gasteiger partial charge in [-0.25, -0.2) is 9.59 Å². The second kappa shape index (κ2) is 10.3. The summed E-state index contributed by atoms with van der Waals surface area (Å²) in [6.45, 7) is 5.06. The van der Waals surface area contributed by atoms with Gasteiger partial charge in [0.1, 0.15) is 11.4 Å². The maximum Gasteiger partial charge on any atom is 0.412 e. The summed E-state index contributed by atoms with van der Waals surface area (Å²) in [7, 11) is 1.55. The number of esters is 1. The molecule has 0 unspecified atom stereocenters. The van der Waals surface area contributed by atoms with Gasteiger partial charge in [-0.2, -0.15) is 0 Å². The quantitative estimate of drug-likeness (QED) is 0.672. The summed E-state index contributed by atoms with van der Waals surface area (Å²) < 4.78 is 15.4. The van der Waals surface area contributed by atoms with E-state index in [-0.39, 0.29) is 12.1 Å². The third-order valence-electron chi connectivity index (χ3n) is 3.75. The lowest BCUT2D eigenvalue weighted by Crippen LogP contribution is -2.28. The maximum absolute atomic E-state index is 12.2. The Kier molecular flexibility index (Phi) is 7.80. The predicted molar refractivity (Wildman–Crippen MR) is 111 cm³/mol. The minimum Gasteiger partial charge on any atom is -0.496 e. The fourth-order valence-electron chi connectivity index (χ4n) is 2.45. The number of benzene rings is 2. The molecule has 0 aliphatic carbocycles. The molecule has 0 saturated carbocycles. The summed E-state index contributed by atoms with van der Waals surface area (Å²) in [6.07, 6.45) is -0.635. The highest BCUT2D eigenvalue weighted by atomic mass is 16.6. The van der Waals surface area contributed by atoms with Crippen molar-refractivity contribution in [1.82, 2.24) is 5.32 Å². The second-order valence-corrected chi connectivity index (χ2v) is 7.37. The van der Waals surface area contributed by atoms with Gasteiger partial charge in [0.15, 0.2) is 6.61 Å². The first-order valence-electron chi connectivity index (χ1n) is 9.34. The summed E-state index contributed by atoms with van der Waals surface area (Å²) in [6, 6.07) is 13.5. The number of nitrogens with one attached hydrogen (secondary N) is 2. The highest BCUT2D eigenvalue weighted by Crippen LogP contribution is 2.17. The van der Waals surface area contributed by atoms with Crippen molar-refractivity contribution in [2.75, 3.05) is 19.0 Å². The third-order valence-corrected chi connectivity index (χ3v) is 3.75. The first-order valence-corrected chi connectivity index (χ1v) is 9.34. The number of methoxy groups -OCH3 is 1. The van der Waals surface area contributed by atoms with Gasteiger partial charge in [-0.05, 0) is 45.0 Å². The molecular formula is C22H26N2O6. The molecule has 0 aliphatic heterocycles. The molecule has 8 nitrogen and oxygen atoms in total. The molecule has 0 aliphatic rings. The lowest BCUT2D eigenvalue weighted by atomic mass is 10.2. The van der Waals surface area contributed by atoms with E-state index in [0.29, 0.717) is 11.4 Å². The van der Waals surface area contributed by atoms with Crippen LogP contribution in [0.5, 0.6) is 5.75 Å². The molecular weight excluding hydrogens is 388 g/mol. The van der Waals surface area contributed by atoms with E-state index in [2.05, 4.69) is 10.6 Å². The molecule has 0 fully saturated rings. The maximum atomic E-state index is 12.2. The van der Waals surface area contributed by atoms with E-state index in [1.807, 2.05) is 18.2 Å². The van der Waals surface area contributed by atoms with Crippen LogP contribution in [-0.2, 0) is 20.8 Å². The Labute approximate surface area is 175 Å². The van der Waals surface area contributed by atoms with E-state index >= 15 is 0 Å². The van der Waals surface area contributed by atoms with Crippen LogP contribution in [-0.4, -0.2) is 37.3 Å². The van der Waals surface area contributed by atoms with Crippen LogP contribution in [0.2, 0.25) is 0 Å². The van der Waals surface area contributed by atoms with Gasteiger partial charge in [-0.15, -0.1) is 0 Å². The van der Waals surface area contributed by atoms with Crippen LogP contribution in [0.25, 0.3) is 0 Å². The molecule has 2 amide bonds. The average Bonchev–Trinajstić information content (AvgIpc) is 2.69. The Bertz CT molecular complexity index is 904. The van der Waals surface area contributed by atoms with Gasteiger partial charge in [0.25, 0.3) is 5.91 Å². The van der Waals surface area contributed by atoms with Gasteiger partial charge in [-0.1, -0.05) is 24.3 Å². The van der Waals surface area contributed by atoms with E-state index < -0.39 is 30.2 Å². The van der Waals surface area contributed by atoms with Crippen molar-refractivity contribution >= 4 is 23.7 Å². The van der Waals surface area contributed by atoms with E-state index in [0.717, 1.165) is 5.56 Å². The molecule has 0 atom stereocenters. The van der Waals surface area contributed by atoms with Crippen molar-refractivity contribution < 1.29 is 28.6 Å². The van der Waals surface area contributed by atoms with Crippen LogP contribution < -0.4 is 15.4 Å². The molecule has 0 saturated heterocycles. The van der Waals surface area contributed by atoms with Crippen molar-refractivity contribution in [3.63, 3.8) is 0 Å². The van der Waals surface area contributed by atoms with Crippen molar-refractivity contribution in [2.45, 2.75) is 32.9 Å². The lowest BCUT2D eigenvalue weighted by molar-refractivity contribution is -0.124. The number of anilines is 1. The van der Waals surface area contributed by atoms with E-state index in [1.54, 1.807) is 46.1 Å². The van der Waals surface area contributed by atoms with Gasteiger partial charge in [0, 0.05) is 17.8 Å². The topological polar surface area (TPSA) is 103 Å². The first kappa shape index (κ1) is 22.7. The van der Waals surface area contributed by atoms with Crippen molar-refractivity contribution in [2.24, 2.45) is 0 Å². The van der Waals surface area contributed by atoms with Crippen LogP contribution >= 0.6 is 0 Å². The van der Waals surface area contributed by atoms with Gasteiger partial charge in [0.2, 0.25) is 0 Å². The van der Waals surface area contributed by atoms with Crippen molar-refractivity contribution in [3.8, 4) is 5.75 Å². The number of rotatable bonds is 7. The zero-order valence-electron chi connectivity index (χ0n) is 17.5. The van der Waals surface area contributed by atoms with Gasteiger partial charge < -0.3 is 19.5 Å². The summed E-state index contributed by atoms with van der Waals surface area (Å²) >= 11 is 0. The lowest BCUT2D eigenvalue weighted by Gasteiger charge is -2.19. The summed E-state index contributed by atoms with van der Waals surface area (Å²) in [5.74, 6) is -0.475. The van der Waals surface area contributed by atoms with Gasteiger partial charge in [-0.3, -0.25) is 10.1 Å². The van der Waals surface area contributed by atoms with E-state index in [9.17, 15) is 14.4 Å². The molecule has 0 radical (unpaired) electrons. The Hall–Kier alpha value is -3.55. The van der Waals surface area contributed by atoms with Gasteiger partial charge in [0.05, 0.1) is 12.7 Å². The molecule has 2 N–H and O–H groups in total. The van der Waals surface area contributed by atoms with Gasteiger partial charge >= 0.3 is 12.1 Å². The van der Waals surface area contributed by atoms with Crippen LogP contribution in [0.4, 0.5) is 10.5 Å². The number of hydrogen-bond donors (Lipinski definition) is 2. The zero-order valence-corrected chi connectivity index (χ0v) is 17.5. The standard InChI is InChI=1S/C22H26N2O6/c1-22(2,3)30-21(27)24-17-10-7-9-15(12-17)20(26)29-14-19(25)23-13-16-8-5-6-11-18(16)28-4/h5-12H,13-14H2,1-4H3,(H,23,25)(H,24,27). The number of amides is 2. The molecule has 2 aromatic rings. The molecule has 0 spiro atoms. The predicted octanol–water partition coefficient (Wildman–Crippen LogP) is 3.52. The molecule has 0 heterocycles. The van der Waals surface area contributed by atoms with Crippen LogP contribution in [0.1, 0.15) is 36.7 Å². The SMILES string of the molecule is COc1ccccc1CNC(=O)COC(=O)c1cccc(NC(=O)OC(C)(C)C)c1. The summed E-state index contributed by atoms with van der Waals surface area (Å²) in [5.41, 5.74) is 0.735. The fourth-order valence-corrected chi connectivity index (χ4v) is 2.45. The second-order valence-electron chi connectivity index (χ2n) is 7.37. The summed E-state index contributed by atoms with van der Waals surface area (Å²) in [5, 5.41) is 5.22. The highest BCUT2D eigenvalue weighted by Gasteiger charge is 2.17. The van der Waals surface area contributed by atoms with Crippen molar-refractivity contribution in [3.05, 3.63) is 59.7 Å². The smallest absolute Gasteiger partial charge is 0.412 e. The monoisotopic (exact) mass is 414 g/mol. The number of carbonyl (C=O) groups is 3. The Morgan fingerprint density at radius 3 is 2.43 bits per heavy atom. The van der Waals surface area contributed by atoms with E-state index in [1.165, 1.54) is 12.1 Å². The summed E-state index contributed by atoms with van der Waals surface area (Å²) in [4.78, 5) is 36.1. The first-order chi connectivity index (χ1) is 14.2. The van der Waals surface area contributed by atoms with Crippen LogP contribution in [0.3, 0.4) is 0 Å². The van der Waals surface area contributed by atoms with Crippen molar-refractivity contribution in [1.29, 1.82) is 0 Å². The molecule has 30 heavy (non-hydrogen) atoms. The minimum atomic E-state index is -0.685. The Morgan fingerprint density at radius 2 is 1.73 bits per heavy atom. The largest absolute Gasteiger partial charge is 0.496 e. The Morgan fingerprint density at radius 1 is 1.00 bits per heavy atom. The highest BCUT2D eigenvalue weighted by molar-refractivity contribution is 5.93. The molecule has 2 rings (SSSR count). The zero-order chi connectivity index (χ0) is 22.1. The number of para-hydroxylation sites is 1. The van der Waals surface area contributed by atoms with E-state index in [4.69, 9.17) is 14.2 Å². The van der Waals surface area contributed by atoms with Crippen LogP contribution in [0, 0.1) is 0 Å². The molecule has 2 aromatic carbocycles. The molecule has 0 aromatic heterocycles. The minimum absolute atomic E-state index is 0.195. The average molecular weight is 414 g/mol. The molecule has 8 heteroatoms. The third kappa shape index (κ3) is 7.46. The number of hydrogen-bond acceptors (Lipinski definition) is 6. The number of ether oxygens (including phenoxy) is 3. The number of carbonyl (C=O) groups excluding carboxylic acids is 3. The Balaban J connectivity index is 1.85. The van der Waals surface area contributed by atoms with Crippen LogP contribution in [0.15, 0.2) is 48.5 Å².